The predicted molar refractivity (Wildman–Crippen MR) is 59.2 cm³/mol. The molecule has 1 N–H and O–H groups in total. The molecule has 1 aromatic heterocycles. The number of rotatable bonds is 1. The van der Waals surface area contributed by atoms with Crippen molar-refractivity contribution in [2.24, 2.45) is 5.92 Å². The topological polar surface area (TPSA) is 45.5 Å². The molecule has 1 amide bonds. The lowest BCUT2D eigenvalue weighted by atomic mass is 10.1. The van der Waals surface area contributed by atoms with Gasteiger partial charge in [0.2, 0.25) is 0 Å². The number of likely N-dealkylation sites (tertiary alicyclic amines) is 1. The Morgan fingerprint density at radius 3 is 3.06 bits per heavy atom. The highest BCUT2D eigenvalue weighted by Crippen LogP contribution is 2.26. The molecular formula is C12H16N2O2. The van der Waals surface area contributed by atoms with E-state index in [9.17, 15) is 4.79 Å². The highest BCUT2D eigenvalue weighted by Gasteiger charge is 2.38. The first-order valence-corrected chi connectivity index (χ1v) is 5.83. The van der Waals surface area contributed by atoms with E-state index in [1.165, 1.54) is 6.42 Å². The van der Waals surface area contributed by atoms with Crippen LogP contribution in [0.3, 0.4) is 0 Å². The lowest BCUT2D eigenvalue weighted by Crippen LogP contribution is -2.33. The third kappa shape index (κ3) is 1.53. The van der Waals surface area contributed by atoms with Gasteiger partial charge in [0, 0.05) is 19.1 Å². The third-order valence-corrected chi connectivity index (χ3v) is 3.60. The Kier molecular flexibility index (Phi) is 2.24. The van der Waals surface area contributed by atoms with Crippen LogP contribution in [0.5, 0.6) is 0 Å². The fourth-order valence-electron chi connectivity index (χ4n) is 2.72. The maximum absolute atomic E-state index is 12.1. The third-order valence-electron chi connectivity index (χ3n) is 3.60. The molecule has 0 saturated carbocycles. The van der Waals surface area contributed by atoms with Crippen LogP contribution in [0.4, 0.5) is 0 Å². The van der Waals surface area contributed by atoms with Gasteiger partial charge >= 0.3 is 0 Å². The SMILES string of the molecule is Cc1ccc(C(=O)N2CC3CCNC3C2)o1. The molecule has 16 heavy (non-hydrogen) atoms. The summed E-state index contributed by atoms with van der Waals surface area (Å²) in [5, 5.41) is 3.44. The number of hydrogen-bond acceptors (Lipinski definition) is 3. The van der Waals surface area contributed by atoms with Crippen LogP contribution in [0.25, 0.3) is 0 Å². The Morgan fingerprint density at radius 2 is 2.38 bits per heavy atom. The number of fused-ring (bicyclic) bond motifs is 1. The summed E-state index contributed by atoms with van der Waals surface area (Å²) in [6, 6.07) is 4.10. The van der Waals surface area contributed by atoms with E-state index in [1.54, 1.807) is 6.07 Å². The molecule has 86 valence electrons. The molecule has 0 radical (unpaired) electrons. The highest BCUT2D eigenvalue weighted by molar-refractivity contribution is 5.91. The van der Waals surface area contributed by atoms with Gasteiger partial charge in [-0.1, -0.05) is 0 Å². The van der Waals surface area contributed by atoms with Crippen LogP contribution >= 0.6 is 0 Å². The van der Waals surface area contributed by atoms with Gasteiger partial charge in [-0.05, 0) is 37.9 Å². The minimum Gasteiger partial charge on any atom is -0.456 e. The molecule has 2 atom stereocenters. The van der Waals surface area contributed by atoms with Gasteiger partial charge < -0.3 is 14.6 Å². The van der Waals surface area contributed by atoms with E-state index < -0.39 is 0 Å². The summed E-state index contributed by atoms with van der Waals surface area (Å²) in [7, 11) is 0. The molecule has 2 saturated heterocycles. The summed E-state index contributed by atoms with van der Waals surface area (Å²) in [5.41, 5.74) is 0. The van der Waals surface area contributed by atoms with Crippen LogP contribution in [-0.4, -0.2) is 36.5 Å². The van der Waals surface area contributed by atoms with Crippen molar-refractivity contribution in [3.63, 3.8) is 0 Å². The Bertz CT molecular complexity index is 401. The van der Waals surface area contributed by atoms with Crippen molar-refractivity contribution >= 4 is 5.91 Å². The van der Waals surface area contributed by atoms with E-state index in [-0.39, 0.29) is 5.91 Å². The van der Waals surface area contributed by atoms with E-state index in [0.29, 0.717) is 17.7 Å². The average Bonchev–Trinajstić information content (AvgIpc) is 2.89. The van der Waals surface area contributed by atoms with Crippen molar-refractivity contribution in [1.82, 2.24) is 10.2 Å². The van der Waals surface area contributed by atoms with Crippen LogP contribution in [0, 0.1) is 12.8 Å². The molecule has 3 heterocycles. The van der Waals surface area contributed by atoms with Gasteiger partial charge in [-0.3, -0.25) is 4.79 Å². The zero-order valence-electron chi connectivity index (χ0n) is 9.40. The smallest absolute Gasteiger partial charge is 0.289 e. The Hall–Kier alpha value is -1.29. The fourth-order valence-corrected chi connectivity index (χ4v) is 2.72. The second-order valence-corrected chi connectivity index (χ2v) is 4.73. The van der Waals surface area contributed by atoms with Crippen LogP contribution in [0.15, 0.2) is 16.5 Å². The number of carbonyl (C=O) groups excluding carboxylic acids is 1. The lowest BCUT2D eigenvalue weighted by Gasteiger charge is -2.15. The molecule has 4 heteroatoms. The molecule has 4 nitrogen and oxygen atoms in total. The molecule has 0 spiro atoms. The number of hydrogen-bond donors (Lipinski definition) is 1. The van der Waals surface area contributed by atoms with Crippen molar-refractivity contribution in [3.05, 3.63) is 23.7 Å². The molecule has 2 aliphatic rings. The van der Waals surface area contributed by atoms with E-state index in [2.05, 4.69) is 5.32 Å². The Balaban J connectivity index is 1.73. The average molecular weight is 220 g/mol. The molecule has 0 aromatic carbocycles. The van der Waals surface area contributed by atoms with Crippen LogP contribution in [0.1, 0.15) is 22.7 Å². The van der Waals surface area contributed by atoms with Crippen LogP contribution in [0.2, 0.25) is 0 Å². The van der Waals surface area contributed by atoms with Gasteiger partial charge in [-0.15, -0.1) is 0 Å². The Labute approximate surface area is 94.6 Å². The molecular weight excluding hydrogens is 204 g/mol. The second-order valence-electron chi connectivity index (χ2n) is 4.73. The maximum atomic E-state index is 12.1. The van der Waals surface area contributed by atoms with Crippen LogP contribution in [-0.2, 0) is 0 Å². The summed E-state index contributed by atoms with van der Waals surface area (Å²) < 4.78 is 5.37. The lowest BCUT2D eigenvalue weighted by molar-refractivity contribution is 0.0749. The first kappa shape index (κ1) is 9.90. The summed E-state index contributed by atoms with van der Waals surface area (Å²) in [4.78, 5) is 14.0. The van der Waals surface area contributed by atoms with Gasteiger partial charge in [0.05, 0.1) is 0 Å². The second kappa shape index (κ2) is 3.63. The number of nitrogens with zero attached hydrogens (tertiary/aromatic N) is 1. The van der Waals surface area contributed by atoms with Gasteiger partial charge in [0.25, 0.3) is 5.91 Å². The zero-order valence-corrected chi connectivity index (χ0v) is 9.40. The first-order chi connectivity index (χ1) is 7.74. The minimum atomic E-state index is 0.0318. The predicted octanol–water partition coefficient (Wildman–Crippen LogP) is 1.02. The van der Waals surface area contributed by atoms with Crippen molar-refractivity contribution < 1.29 is 9.21 Å². The quantitative estimate of drug-likeness (QED) is 0.768. The van der Waals surface area contributed by atoms with Crippen molar-refractivity contribution in [2.75, 3.05) is 19.6 Å². The van der Waals surface area contributed by atoms with E-state index >= 15 is 0 Å². The summed E-state index contributed by atoms with van der Waals surface area (Å²) >= 11 is 0. The molecule has 2 unspecified atom stereocenters. The van der Waals surface area contributed by atoms with E-state index in [1.807, 2.05) is 17.9 Å². The standard InChI is InChI=1S/C12H16N2O2/c1-8-2-3-11(16-8)12(15)14-6-9-4-5-13-10(9)7-14/h2-3,9-10,13H,4-7H2,1H3. The summed E-state index contributed by atoms with van der Waals surface area (Å²) in [6.07, 6.45) is 1.19. The van der Waals surface area contributed by atoms with Gasteiger partial charge in [0.1, 0.15) is 5.76 Å². The van der Waals surface area contributed by atoms with Crippen molar-refractivity contribution in [3.8, 4) is 0 Å². The summed E-state index contributed by atoms with van der Waals surface area (Å²) in [6.45, 7) is 4.65. The molecule has 3 rings (SSSR count). The maximum Gasteiger partial charge on any atom is 0.289 e. The Morgan fingerprint density at radius 1 is 1.50 bits per heavy atom. The van der Waals surface area contributed by atoms with E-state index in [0.717, 1.165) is 25.4 Å². The van der Waals surface area contributed by atoms with Crippen LogP contribution < -0.4 is 5.32 Å². The number of carbonyl (C=O) groups is 1. The molecule has 0 bridgehead atoms. The minimum absolute atomic E-state index is 0.0318. The van der Waals surface area contributed by atoms with Crippen molar-refractivity contribution in [1.29, 1.82) is 0 Å². The molecule has 2 aliphatic heterocycles. The normalized spacial score (nSPS) is 28.4. The number of aryl methyl sites for hydroxylation is 1. The van der Waals surface area contributed by atoms with Gasteiger partial charge in [-0.2, -0.15) is 0 Å². The number of furan rings is 1. The van der Waals surface area contributed by atoms with Crippen molar-refractivity contribution in [2.45, 2.75) is 19.4 Å². The van der Waals surface area contributed by atoms with Gasteiger partial charge in [0.15, 0.2) is 5.76 Å². The largest absolute Gasteiger partial charge is 0.456 e. The molecule has 1 aromatic rings. The molecule has 0 aliphatic carbocycles. The fraction of sp³-hybridized carbons (Fsp3) is 0.583. The number of amides is 1. The number of nitrogens with one attached hydrogen (secondary N) is 1. The first-order valence-electron chi connectivity index (χ1n) is 5.83. The summed E-state index contributed by atoms with van der Waals surface area (Å²) in [5.74, 6) is 1.93. The van der Waals surface area contributed by atoms with E-state index in [4.69, 9.17) is 4.42 Å². The molecule has 2 fully saturated rings. The zero-order chi connectivity index (χ0) is 11.1. The monoisotopic (exact) mass is 220 g/mol. The van der Waals surface area contributed by atoms with Gasteiger partial charge in [-0.25, -0.2) is 0 Å². The highest BCUT2D eigenvalue weighted by atomic mass is 16.3.